The molecule has 1 fully saturated rings. The fraction of sp³-hybridized carbons (Fsp3) is 0.524. The van der Waals surface area contributed by atoms with Crippen LogP contribution in [0.2, 0.25) is 10.0 Å². The van der Waals surface area contributed by atoms with Crippen LogP contribution in [0.25, 0.3) is 0 Å². The van der Waals surface area contributed by atoms with Crippen molar-refractivity contribution >= 4 is 34.8 Å². The summed E-state index contributed by atoms with van der Waals surface area (Å²) in [5, 5.41) is 1.11. The highest BCUT2D eigenvalue weighted by molar-refractivity contribution is 6.36. The molecule has 3 heterocycles. The molecule has 0 radical (unpaired) electrons. The zero-order valence-corrected chi connectivity index (χ0v) is 18.9. The van der Waals surface area contributed by atoms with Crippen LogP contribution in [0.4, 0.5) is 11.6 Å². The second-order valence-electron chi connectivity index (χ2n) is 7.72. The standard InChI is InChI=1S/C21H27Cl2N5O2/c1-3-17-15(2)24-21-27(19-5-4-16(22)12-18(19)23)13-26(14-28(21)20(17)29)7-6-25-8-10-30-11-9-25/h4-5,12H,3,6-11,13-14H2,1-2H3. The molecule has 30 heavy (non-hydrogen) atoms. The number of aryl methyl sites for hydroxylation is 1. The van der Waals surface area contributed by atoms with Crippen LogP contribution in [-0.4, -0.2) is 65.4 Å². The van der Waals surface area contributed by atoms with Crippen LogP contribution < -0.4 is 10.5 Å². The number of benzene rings is 1. The summed E-state index contributed by atoms with van der Waals surface area (Å²) in [5.74, 6) is 0.626. The van der Waals surface area contributed by atoms with E-state index in [9.17, 15) is 4.79 Å². The van der Waals surface area contributed by atoms with Crippen molar-refractivity contribution < 1.29 is 4.74 Å². The topological polar surface area (TPSA) is 53.8 Å². The predicted octanol–water partition coefficient (Wildman–Crippen LogP) is 3.12. The quantitative estimate of drug-likeness (QED) is 0.695. The third-order valence-corrected chi connectivity index (χ3v) is 6.30. The molecule has 1 aromatic carbocycles. The molecule has 4 rings (SSSR count). The molecule has 1 saturated heterocycles. The normalized spacial score (nSPS) is 17.9. The maximum absolute atomic E-state index is 13.2. The number of ether oxygens (including phenoxy) is 1. The molecule has 162 valence electrons. The van der Waals surface area contributed by atoms with Gasteiger partial charge in [0.25, 0.3) is 5.56 Å². The van der Waals surface area contributed by atoms with Crippen molar-refractivity contribution in [3.63, 3.8) is 0 Å². The van der Waals surface area contributed by atoms with Crippen LogP contribution in [0.5, 0.6) is 0 Å². The van der Waals surface area contributed by atoms with Gasteiger partial charge >= 0.3 is 0 Å². The molecule has 2 aliphatic heterocycles. The van der Waals surface area contributed by atoms with E-state index in [0.29, 0.717) is 35.8 Å². The van der Waals surface area contributed by atoms with Crippen LogP contribution in [-0.2, 0) is 17.8 Å². The lowest BCUT2D eigenvalue weighted by molar-refractivity contribution is 0.0310. The van der Waals surface area contributed by atoms with Crippen molar-refractivity contribution in [1.29, 1.82) is 0 Å². The fourth-order valence-corrected chi connectivity index (χ4v) is 4.58. The Kier molecular flexibility index (Phi) is 6.65. The lowest BCUT2D eigenvalue weighted by Gasteiger charge is -2.39. The summed E-state index contributed by atoms with van der Waals surface area (Å²) < 4.78 is 7.21. The molecule has 7 nitrogen and oxygen atoms in total. The molecule has 0 spiro atoms. The van der Waals surface area contributed by atoms with Crippen LogP contribution in [0.15, 0.2) is 23.0 Å². The summed E-state index contributed by atoms with van der Waals surface area (Å²) in [6.45, 7) is 10.2. The number of fused-ring (bicyclic) bond motifs is 1. The fourth-order valence-electron chi connectivity index (χ4n) is 4.07. The second kappa shape index (κ2) is 9.24. The van der Waals surface area contributed by atoms with Gasteiger partial charge < -0.3 is 4.74 Å². The van der Waals surface area contributed by atoms with Crippen molar-refractivity contribution in [2.45, 2.75) is 26.9 Å². The molecule has 0 saturated carbocycles. The number of anilines is 2. The van der Waals surface area contributed by atoms with E-state index >= 15 is 0 Å². The van der Waals surface area contributed by atoms with Gasteiger partial charge in [0, 0.05) is 42.5 Å². The number of halogens is 2. The van der Waals surface area contributed by atoms with Gasteiger partial charge in [0.05, 0.1) is 37.3 Å². The van der Waals surface area contributed by atoms with Gasteiger partial charge in [-0.05, 0) is 31.5 Å². The molecule has 0 N–H and O–H groups in total. The van der Waals surface area contributed by atoms with E-state index in [1.54, 1.807) is 10.6 Å². The summed E-state index contributed by atoms with van der Waals surface area (Å²) in [6.07, 6.45) is 0.660. The van der Waals surface area contributed by atoms with Crippen molar-refractivity contribution in [2.75, 3.05) is 51.0 Å². The second-order valence-corrected chi connectivity index (χ2v) is 8.56. The van der Waals surface area contributed by atoms with Gasteiger partial charge in [-0.1, -0.05) is 30.1 Å². The van der Waals surface area contributed by atoms with Crippen LogP contribution in [0, 0.1) is 6.92 Å². The first-order valence-electron chi connectivity index (χ1n) is 10.3. The molecule has 2 aliphatic rings. The zero-order valence-electron chi connectivity index (χ0n) is 17.4. The first kappa shape index (κ1) is 21.6. The molecule has 9 heteroatoms. The van der Waals surface area contributed by atoms with E-state index in [0.717, 1.165) is 56.3 Å². The summed E-state index contributed by atoms with van der Waals surface area (Å²) in [7, 11) is 0. The van der Waals surface area contributed by atoms with Crippen LogP contribution in [0.3, 0.4) is 0 Å². The van der Waals surface area contributed by atoms with Crippen molar-refractivity contribution in [3.8, 4) is 0 Å². The third kappa shape index (κ3) is 4.36. The molecular formula is C21H27Cl2N5O2. The zero-order chi connectivity index (χ0) is 21.3. The van der Waals surface area contributed by atoms with Gasteiger partial charge in [-0.3, -0.25) is 24.1 Å². The van der Waals surface area contributed by atoms with E-state index in [4.69, 9.17) is 32.9 Å². The Hall–Kier alpha value is -1.64. The number of hydrogen-bond donors (Lipinski definition) is 0. The highest BCUT2D eigenvalue weighted by Gasteiger charge is 2.29. The van der Waals surface area contributed by atoms with E-state index in [1.807, 2.05) is 30.9 Å². The van der Waals surface area contributed by atoms with Gasteiger partial charge in [0.1, 0.15) is 0 Å². The van der Waals surface area contributed by atoms with Crippen molar-refractivity contribution in [3.05, 3.63) is 49.9 Å². The largest absolute Gasteiger partial charge is 0.379 e. The van der Waals surface area contributed by atoms with E-state index in [1.165, 1.54) is 0 Å². The Morgan fingerprint density at radius 1 is 1.10 bits per heavy atom. The molecule has 0 atom stereocenters. The minimum atomic E-state index is 0.0196. The van der Waals surface area contributed by atoms with Crippen LogP contribution in [0.1, 0.15) is 18.2 Å². The number of hydrogen-bond acceptors (Lipinski definition) is 6. The van der Waals surface area contributed by atoms with Crippen molar-refractivity contribution in [1.82, 2.24) is 19.4 Å². The van der Waals surface area contributed by atoms with Gasteiger partial charge in [0.2, 0.25) is 5.95 Å². The molecule has 0 bridgehead atoms. The monoisotopic (exact) mass is 451 g/mol. The molecule has 2 aromatic rings. The maximum atomic E-state index is 13.2. The van der Waals surface area contributed by atoms with Gasteiger partial charge in [-0.25, -0.2) is 4.98 Å². The first-order chi connectivity index (χ1) is 14.5. The number of nitrogens with zero attached hydrogens (tertiary/aromatic N) is 5. The SMILES string of the molecule is CCc1c(C)nc2n(c1=O)CN(CCN1CCOCC1)CN2c1ccc(Cl)cc1Cl. The maximum Gasteiger partial charge on any atom is 0.259 e. The van der Waals surface area contributed by atoms with E-state index < -0.39 is 0 Å². The Bertz CT molecular complexity index is 975. The summed E-state index contributed by atoms with van der Waals surface area (Å²) in [4.78, 5) is 24.7. The van der Waals surface area contributed by atoms with Crippen molar-refractivity contribution in [2.24, 2.45) is 0 Å². The molecule has 1 aromatic heterocycles. The Morgan fingerprint density at radius 3 is 2.53 bits per heavy atom. The Labute approximate surface area is 186 Å². The van der Waals surface area contributed by atoms with E-state index in [-0.39, 0.29) is 5.56 Å². The molecule has 0 aliphatic carbocycles. The third-order valence-electron chi connectivity index (χ3n) is 5.76. The summed E-state index contributed by atoms with van der Waals surface area (Å²) in [6, 6.07) is 5.42. The van der Waals surface area contributed by atoms with E-state index in [2.05, 4.69) is 9.80 Å². The Morgan fingerprint density at radius 2 is 1.83 bits per heavy atom. The summed E-state index contributed by atoms with van der Waals surface area (Å²) in [5.41, 5.74) is 2.34. The summed E-state index contributed by atoms with van der Waals surface area (Å²) >= 11 is 12.6. The van der Waals surface area contributed by atoms with Gasteiger partial charge in [-0.2, -0.15) is 0 Å². The minimum absolute atomic E-state index is 0.0196. The smallest absolute Gasteiger partial charge is 0.259 e. The lowest BCUT2D eigenvalue weighted by atomic mass is 10.2. The first-order valence-corrected chi connectivity index (χ1v) is 11.1. The number of morpholine rings is 1. The van der Waals surface area contributed by atoms with Crippen LogP contribution >= 0.6 is 23.2 Å². The van der Waals surface area contributed by atoms with Gasteiger partial charge in [-0.15, -0.1) is 0 Å². The average molecular weight is 452 g/mol. The number of rotatable bonds is 5. The molecular weight excluding hydrogens is 425 g/mol. The predicted molar refractivity (Wildman–Crippen MR) is 120 cm³/mol. The molecule has 0 amide bonds. The number of aromatic nitrogens is 2. The highest BCUT2D eigenvalue weighted by atomic mass is 35.5. The highest BCUT2D eigenvalue weighted by Crippen LogP contribution is 2.34. The molecule has 0 unspecified atom stereocenters. The Balaban J connectivity index is 1.68. The van der Waals surface area contributed by atoms with Gasteiger partial charge in [0.15, 0.2) is 0 Å². The minimum Gasteiger partial charge on any atom is -0.379 e. The average Bonchev–Trinajstić information content (AvgIpc) is 2.73. The lowest BCUT2D eigenvalue weighted by Crippen LogP contribution is -2.50.